The second-order valence-corrected chi connectivity index (χ2v) is 4.56. The Balaban J connectivity index is 1.94. The third-order valence-corrected chi connectivity index (χ3v) is 3.38. The molecule has 0 amide bonds. The Morgan fingerprint density at radius 1 is 1.47 bits per heavy atom. The molecule has 3 heterocycles. The standard InChI is InChI=1S/C10H17N5/c1-14-5-7(6-14)15-9-4-12-3-2-8(9)10(11)13-15/h7,12H,2-6H2,1H3,(H2,11,13). The lowest BCUT2D eigenvalue weighted by Crippen LogP contribution is -2.46. The van der Waals surface area contributed by atoms with Crippen molar-refractivity contribution >= 4 is 5.82 Å². The normalized spacial score (nSPS) is 22.5. The lowest BCUT2D eigenvalue weighted by Gasteiger charge is -2.37. The first kappa shape index (κ1) is 9.18. The van der Waals surface area contributed by atoms with Crippen LogP contribution in [0.4, 0.5) is 5.82 Å². The summed E-state index contributed by atoms with van der Waals surface area (Å²) in [4.78, 5) is 2.30. The van der Waals surface area contributed by atoms with Crippen LogP contribution in [0.25, 0.3) is 0 Å². The molecule has 0 radical (unpaired) electrons. The van der Waals surface area contributed by atoms with Crippen LogP contribution >= 0.6 is 0 Å². The number of likely N-dealkylation sites (N-methyl/N-ethyl adjacent to an activating group) is 1. The Kier molecular flexibility index (Phi) is 1.97. The van der Waals surface area contributed by atoms with Crippen molar-refractivity contribution in [3.63, 3.8) is 0 Å². The van der Waals surface area contributed by atoms with Crippen molar-refractivity contribution in [2.24, 2.45) is 0 Å². The molecule has 0 aromatic carbocycles. The molecule has 0 atom stereocenters. The fraction of sp³-hybridized carbons (Fsp3) is 0.700. The number of hydrogen-bond donors (Lipinski definition) is 2. The van der Waals surface area contributed by atoms with Gasteiger partial charge in [-0.05, 0) is 20.0 Å². The molecule has 0 spiro atoms. The van der Waals surface area contributed by atoms with Crippen molar-refractivity contribution in [1.29, 1.82) is 0 Å². The van der Waals surface area contributed by atoms with Gasteiger partial charge in [0, 0.05) is 25.2 Å². The number of anilines is 1. The predicted molar refractivity (Wildman–Crippen MR) is 58.6 cm³/mol. The minimum Gasteiger partial charge on any atom is -0.382 e. The van der Waals surface area contributed by atoms with E-state index in [1.165, 1.54) is 11.3 Å². The van der Waals surface area contributed by atoms with Gasteiger partial charge in [-0.3, -0.25) is 4.68 Å². The van der Waals surface area contributed by atoms with Crippen LogP contribution < -0.4 is 11.1 Å². The van der Waals surface area contributed by atoms with Crippen LogP contribution in [0, 0.1) is 0 Å². The summed E-state index contributed by atoms with van der Waals surface area (Å²) < 4.78 is 2.14. The van der Waals surface area contributed by atoms with Crippen molar-refractivity contribution in [2.75, 3.05) is 32.4 Å². The van der Waals surface area contributed by atoms with E-state index in [2.05, 4.69) is 27.0 Å². The van der Waals surface area contributed by atoms with Crippen LogP contribution in [0.2, 0.25) is 0 Å². The van der Waals surface area contributed by atoms with E-state index in [0.29, 0.717) is 6.04 Å². The zero-order valence-corrected chi connectivity index (χ0v) is 9.03. The number of hydrogen-bond acceptors (Lipinski definition) is 4. The number of nitrogen functional groups attached to an aromatic ring is 1. The summed E-state index contributed by atoms with van der Waals surface area (Å²) in [7, 11) is 2.13. The van der Waals surface area contributed by atoms with Gasteiger partial charge in [-0.2, -0.15) is 5.10 Å². The molecule has 0 bridgehead atoms. The number of aromatic nitrogens is 2. The van der Waals surface area contributed by atoms with E-state index in [9.17, 15) is 0 Å². The molecular formula is C10H17N5. The second-order valence-electron chi connectivity index (χ2n) is 4.56. The summed E-state index contributed by atoms with van der Waals surface area (Å²) in [5.41, 5.74) is 8.51. The predicted octanol–water partition coefficient (Wildman–Crippen LogP) is -0.402. The first-order valence-electron chi connectivity index (χ1n) is 5.50. The molecule has 0 saturated carbocycles. The Labute approximate surface area is 89.2 Å². The van der Waals surface area contributed by atoms with E-state index in [4.69, 9.17) is 5.73 Å². The van der Waals surface area contributed by atoms with E-state index < -0.39 is 0 Å². The lowest BCUT2D eigenvalue weighted by molar-refractivity contribution is 0.127. The Hall–Kier alpha value is -1.07. The average molecular weight is 207 g/mol. The van der Waals surface area contributed by atoms with Gasteiger partial charge in [-0.1, -0.05) is 0 Å². The van der Waals surface area contributed by atoms with Crippen LogP contribution in [0.3, 0.4) is 0 Å². The van der Waals surface area contributed by atoms with Crippen molar-refractivity contribution in [2.45, 2.75) is 19.0 Å². The molecule has 3 rings (SSSR count). The summed E-state index contributed by atoms with van der Waals surface area (Å²) in [6, 6.07) is 0.529. The van der Waals surface area contributed by atoms with Gasteiger partial charge in [0.05, 0.1) is 11.7 Å². The van der Waals surface area contributed by atoms with E-state index in [-0.39, 0.29) is 0 Å². The molecule has 1 fully saturated rings. The molecular weight excluding hydrogens is 190 g/mol. The second kappa shape index (κ2) is 3.21. The first-order valence-corrected chi connectivity index (χ1v) is 5.50. The van der Waals surface area contributed by atoms with Crippen molar-refractivity contribution < 1.29 is 0 Å². The van der Waals surface area contributed by atoms with Gasteiger partial charge in [0.25, 0.3) is 0 Å². The van der Waals surface area contributed by atoms with Crippen LogP contribution in [-0.4, -0.2) is 41.4 Å². The zero-order valence-electron chi connectivity index (χ0n) is 9.03. The SMILES string of the molecule is CN1CC(n2nc(N)c3c2CNCC3)C1. The average Bonchev–Trinajstić information content (AvgIpc) is 2.52. The molecule has 3 N–H and O–H groups in total. The monoisotopic (exact) mass is 207 g/mol. The van der Waals surface area contributed by atoms with Gasteiger partial charge in [0.2, 0.25) is 0 Å². The van der Waals surface area contributed by atoms with Gasteiger partial charge in [0.15, 0.2) is 0 Å². The molecule has 15 heavy (non-hydrogen) atoms. The minimum atomic E-state index is 0.529. The van der Waals surface area contributed by atoms with Crippen LogP contribution in [0.5, 0.6) is 0 Å². The fourth-order valence-electron chi connectivity index (χ4n) is 2.53. The van der Waals surface area contributed by atoms with E-state index in [1.807, 2.05) is 0 Å². The smallest absolute Gasteiger partial charge is 0.149 e. The molecule has 2 aliphatic heterocycles. The lowest BCUT2D eigenvalue weighted by atomic mass is 10.1. The number of rotatable bonds is 1. The molecule has 1 saturated heterocycles. The quantitative estimate of drug-likeness (QED) is 0.658. The number of nitrogens with zero attached hydrogens (tertiary/aromatic N) is 3. The molecule has 0 aliphatic carbocycles. The van der Waals surface area contributed by atoms with Crippen LogP contribution in [-0.2, 0) is 13.0 Å². The first-order chi connectivity index (χ1) is 7.25. The molecule has 82 valence electrons. The molecule has 5 nitrogen and oxygen atoms in total. The van der Waals surface area contributed by atoms with Gasteiger partial charge < -0.3 is 16.0 Å². The van der Waals surface area contributed by atoms with Crippen LogP contribution in [0.1, 0.15) is 17.3 Å². The summed E-state index contributed by atoms with van der Waals surface area (Å²) in [5, 5.41) is 7.86. The van der Waals surface area contributed by atoms with Gasteiger partial charge in [-0.15, -0.1) is 0 Å². The summed E-state index contributed by atoms with van der Waals surface area (Å²) in [6.07, 6.45) is 1.02. The maximum absolute atomic E-state index is 5.94. The molecule has 1 aromatic heterocycles. The number of likely N-dealkylation sites (tertiary alicyclic amines) is 1. The van der Waals surface area contributed by atoms with Gasteiger partial charge in [-0.25, -0.2) is 0 Å². The summed E-state index contributed by atoms with van der Waals surface area (Å²) in [5.74, 6) is 0.737. The number of nitrogens with two attached hydrogens (primary N) is 1. The van der Waals surface area contributed by atoms with E-state index >= 15 is 0 Å². The highest BCUT2D eigenvalue weighted by Gasteiger charge is 2.30. The number of nitrogens with one attached hydrogen (secondary N) is 1. The summed E-state index contributed by atoms with van der Waals surface area (Å²) in [6.45, 7) is 4.12. The molecule has 1 aromatic rings. The highest BCUT2D eigenvalue weighted by atomic mass is 15.4. The van der Waals surface area contributed by atoms with E-state index in [1.54, 1.807) is 0 Å². The molecule has 2 aliphatic rings. The highest BCUT2D eigenvalue weighted by molar-refractivity contribution is 5.44. The topological polar surface area (TPSA) is 59.1 Å². The molecule has 0 unspecified atom stereocenters. The minimum absolute atomic E-state index is 0.529. The van der Waals surface area contributed by atoms with Crippen LogP contribution in [0.15, 0.2) is 0 Å². The van der Waals surface area contributed by atoms with Gasteiger partial charge >= 0.3 is 0 Å². The van der Waals surface area contributed by atoms with Crippen molar-refractivity contribution in [1.82, 2.24) is 20.0 Å². The maximum Gasteiger partial charge on any atom is 0.149 e. The third kappa shape index (κ3) is 1.34. The number of fused-ring (bicyclic) bond motifs is 1. The Morgan fingerprint density at radius 3 is 3.00 bits per heavy atom. The largest absolute Gasteiger partial charge is 0.382 e. The van der Waals surface area contributed by atoms with E-state index in [0.717, 1.165) is 38.4 Å². The Bertz CT molecular complexity index is 377. The maximum atomic E-state index is 5.94. The summed E-state index contributed by atoms with van der Waals surface area (Å²) >= 11 is 0. The Morgan fingerprint density at radius 2 is 2.27 bits per heavy atom. The fourth-order valence-corrected chi connectivity index (χ4v) is 2.53. The highest BCUT2D eigenvalue weighted by Crippen LogP contribution is 2.27. The van der Waals surface area contributed by atoms with Crippen molar-refractivity contribution in [3.05, 3.63) is 11.3 Å². The molecule has 5 heteroatoms. The zero-order chi connectivity index (χ0) is 10.4. The van der Waals surface area contributed by atoms with Crippen molar-refractivity contribution in [3.8, 4) is 0 Å². The third-order valence-electron chi connectivity index (χ3n) is 3.38. The van der Waals surface area contributed by atoms with Gasteiger partial charge in [0.1, 0.15) is 5.82 Å².